The van der Waals surface area contributed by atoms with Crippen LogP contribution >= 0.6 is 0 Å². The molecule has 0 aliphatic carbocycles. The van der Waals surface area contributed by atoms with Crippen molar-refractivity contribution >= 4 is 17.9 Å². The molecule has 6 heteroatoms. The minimum Gasteiger partial charge on any atom is -0.460 e. The summed E-state index contributed by atoms with van der Waals surface area (Å²) in [7, 11) is 0. The fraction of sp³-hybridized carbons (Fsp3) is 0.870. The topological polar surface area (TPSA) is 78.9 Å². The minimum absolute atomic E-state index is 0.233. The molecule has 0 aromatic rings. The van der Waals surface area contributed by atoms with Gasteiger partial charge in [-0.3, -0.25) is 14.4 Å². The smallest absolute Gasteiger partial charge is 0.306 e. The predicted molar refractivity (Wildman–Crippen MR) is 113 cm³/mol. The normalized spacial score (nSPS) is 13.0. The molecule has 0 N–H and O–H groups in total. The first-order chi connectivity index (χ1) is 12.8. The van der Waals surface area contributed by atoms with Crippen LogP contribution in [-0.4, -0.2) is 34.7 Å². The number of carbonyl (C=O) groups excluding carboxylic acids is 3. The van der Waals surface area contributed by atoms with E-state index >= 15 is 0 Å². The summed E-state index contributed by atoms with van der Waals surface area (Å²) in [6.45, 7) is 18.4. The van der Waals surface area contributed by atoms with Gasteiger partial charge in [0.15, 0.2) is 0 Å². The SMILES string of the molecule is CC(CCC(=O)OC(C)(C)C)(CCC(=O)OC(C)(C)C)CCC(=O)OC(C)(C)C. The maximum Gasteiger partial charge on any atom is 0.306 e. The van der Waals surface area contributed by atoms with E-state index in [4.69, 9.17) is 14.2 Å². The van der Waals surface area contributed by atoms with E-state index in [1.165, 1.54) is 0 Å². The molecule has 6 nitrogen and oxygen atoms in total. The summed E-state index contributed by atoms with van der Waals surface area (Å²) in [6, 6.07) is 0. The fourth-order valence-electron chi connectivity index (χ4n) is 2.76. The molecule has 0 saturated carbocycles. The number of hydrogen-bond donors (Lipinski definition) is 0. The summed E-state index contributed by atoms with van der Waals surface area (Å²) in [5, 5.41) is 0. The van der Waals surface area contributed by atoms with Crippen LogP contribution in [0.1, 0.15) is 108 Å². The first-order valence-corrected chi connectivity index (χ1v) is 10.5. The summed E-state index contributed by atoms with van der Waals surface area (Å²) in [5.41, 5.74) is -2.01. The van der Waals surface area contributed by atoms with Crippen molar-refractivity contribution in [2.75, 3.05) is 0 Å². The third-order valence-corrected chi connectivity index (χ3v) is 4.06. The van der Waals surface area contributed by atoms with E-state index in [0.717, 1.165) is 0 Å². The lowest BCUT2D eigenvalue weighted by Gasteiger charge is -2.31. The number of ether oxygens (including phenoxy) is 3. The summed E-state index contributed by atoms with van der Waals surface area (Å²) >= 11 is 0. The highest BCUT2D eigenvalue weighted by Crippen LogP contribution is 2.35. The summed E-state index contributed by atoms with van der Waals surface area (Å²) in [6.07, 6.45) is 2.26. The van der Waals surface area contributed by atoms with E-state index in [1.807, 2.05) is 69.2 Å². The highest BCUT2D eigenvalue weighted by atomic mass is 16.6. The van der Waals surface area contributed by atoms with Gasteiger partial charge in [-0.1, -0.05) is 6.92 Å². The molecule has 29 heavy (non-hydrogen) atoms. The molecule has 0 fully saturated rings. The van der Waals surface area contributed by atoms with Crippen molar-refractivity contribution in [3.05, 3.63) is 0 Å². The standard InChI is InChI=1S/C23H42O6/c1-20(2,3)27-17(24)11-14-23(10,15-12-18(25)28-21(4,5)6)16-13-19(26)29-22(7,8)9/h11-16H2,1-10H3. The van der Waals surface area contributed by atoms with Gasteiger partial charge in [0, 0.05) is 19.3 Å². The number of esters is 3. The van der Waals surface area contributed by atoms with E-state index in [2.05, 4.69) is 0 Å². The van der Waals surface area contributed by atoms with Crippen LogP contribution in [0.3, 0.4) is 0 Å². The lowest BCUT2D eigenvalue weighted by molar-refractivity contribution is -0.155. The molecule has 0 bridgehead atoms. The Kier molecular flexibility index (Phi) is 9.87. The van der Waals surface area contributed by atoms with Crippen LogP contribution in [0.4, 0.5) is 0 Å². The zero-order valence-corrected chi connectivity index (χ0v) is 20.2. The first kappa shape index (κ1) is 27.4. The van der Waals surface area contributed by atoms with Crippen molar-refractivity contribution in [2.24, 2.45) is 5.41 Å². The van der Waals surface area contributed by atoms with Crippen molar-refractivity contribution in [3.63, 3.8) is 0 Å². The predicted octanol–water partition coefficient (Wildman–Crippen LogP) is 5.36. The first-order valence-electron chi connectivity index (χ1n) is 10.5. The molecule has 0 aromatic heterocycles. The van der Waals surface area contributed by atoms with Crippen LogP contribution < -0.4 is 0 Å². The summed E-state index contributed by atoms with van der Waals surface area (Å²) in [5.74, 6) is -0.838. The Hall–Kier alpha value is -1.59. The molecule has 0 aliphatic heterocycles. The maximum atomic E-state index is 12.2. The largest absolute Gasteiger partial charge is 0.460 e. The van der Waals surface area contributed by atoms with E-state index in [1.54, 1.807) is 0 Å². The average Bonchev–Trinajstić information content (AvgIpc) is 2.44. The maximum absolute atomic E-state index is 12.2. The van der Waals surface area contributed by atoms with Crippen LogP contribution in [0.5, 0.6) is 0 Å². The highest BCUT2D eigenvalue weighted by molar-refractivity contribution is 5.71. The molecule has 0 heterocycles. The number of carbonyl (C=O) groups is 3. The summed E-state index contributed by atoms with van der Waals surface area (Å²) < 4.78 is 16.2. The molecule has 170 valence electrons. The third kappa shape index (κ3) is 16.0. The second-order valence-corrected chi connectivity index (χ2v) is 11.1. The number of rotatable bonds is 9. The van der Waals surface area contributed by atoms with Gasteiger partial charge in [0.2, 0.25) is 0 Å². The zero-order valence-electron chi connectivity index (χ0n) is 20.2. The van der Waals surface area contributed by atoms with Gasteiger partial charge >= 0.3 is 17.9 Å². The molecule has 0 aromatic carbocycles. The summed E-state index contributed by atoms with van der Waals surface area (Å²) in [4.78, 5) is 36.5. The zero-order chi connectivity index (χ0) is 23.1. The van der Waals surface area contributed by atoms with Crippen LogP contribution in [0, 0.1) is 5.41 Å². The molecule has 0 unspecified atom stereocenters. The van der Waals surface area contributed by atoms with Gasteiger partial charge in [-0.2, -0.15) is 0 Å². The van der Waals surface area contributed by atoms with Gasteiger partial charge < -0.3 is 14.2 Å². The molecule has 0 atom stereocenters. The third-order valence-electron chi connectivity index (χ3n) is 4.06. The van der Waals surface area contributed by atoms with Crippen molar-refractivity contribution in [1.82, 2.24) is 0 Å². The molecule has 0 aliphatic rings. The van der Waals surface area contributed by atoms with Gasteiger partial charge in [0.1, 0.15) is 16.8 Å². The van der Waals surface area contributed by atoms with Crippen LogP contribution in [-0.2, 0) is 28.6 Å². The van der Waals surface area contributed by atoms with Gasteiger partial charge in [0.05, 0.1) is 0 Å². The molecule has 0 amide bonds. The minimum atomic E-state index is -0.541. The molecular formula is C23H42O6. The fourth-order valence-corrected chi connectivity index (χ4v) is 2.76. The van der Waals surface area contributed by atoms with Gasteiger partial charge in [0.25, 0.3) is 0 Å². The van der Waals surface area contributed by atoms with E-state index in [0.29, 0.717) is 19.3 Å². The Labute approximate surface area is 177 Å². The molecule has 0 rings (SSSR count). The second kappa shape index (κ2) is 10.4. The van der Waals surface area contributed by atoms with Crippen LogP contribution in [0.15, 0.2) is 0 Å². The van der Waals surface area contributed by atoms with Crippen molar-refractivity contribution < 1.29 is 28.6 Å². The van der Waals surface area contributed by atoms with Crippen molar-refractivity contribution in [3.8, 4) is 0 Å². The Balaban J connectivity index is 4.98. The second-order valence-electron chi connectivity index (χ2n) is 11.1. The van der Waals surface area contributed by atoms with E-state index in [-0.39, 0.29) is 42.6 Å². The Morgan fingerprint density at radius 1 is 0.483 bits per heavy atom. The number of hydrogen-bond acceptors (Lipinski definition) is 6. The van der Waals surface area contributed by atoms with E-state index in [9.17, 15) is 14.4 Å². The van der Waals surface area contributed by atoms with Crippen LogP contribution in [0.2, 0.25) is 0 Å². The Morgan fingerprint density at radius 3 is 0.862 bits per heavy atom. The van der Waals surface area contributed by atoms with Gasteiger partial charge in [-0.15, -0.1) is 0 Å². The highest BCUT2D eigenvalue weighted by Gasteiger charge is 2.30. The molecule has 0 saturated heterocycles. The molecule has 0 radical (unpaired) electrons. The lowest BCUT2D eigenvalue weighted by Crippen LogP contribution is -2.29. The lowest BCUT2D eigenvalue weighted by atomic mass is 9.77. The Morgan fingerprint density at radius 2 is 0.690 bits per heavy atom. The Bertz CT molecular complexity index is 479. The van der Waals surface area contributed by atoms with E-state index < -0.39 is 16.8 Å². The van der Waals surface area contributed by atoms with Crippen molar-refractivity contribution in [1.29, 1.82) is 0 Å². The van der Waals surface area contributed by atoms with Crippen molar-refractivity contribution in [2.45, 2.75) is 125 Å². The van der Waals surface area contributed by atoms with Gasteiger partial charge in [-0.25, -0.2) is 0 Å². The van der Waals surface area contributed by atoms with Crippen LogP contribution in [0.25, 0.3) is 0 Å². The quantitative estimate of drug-likeness (QED) is 0.373. The molecular weight excluding hydrogens is 372 g/mol. The average molecular weight is 415 g/mol. The monoisotopic (exact) mass is 414 g/mol. The molecule has 0 spiro atoms. The van der Waals surface area contributed by atoms with Gasteiger partial charge in [-0.05, 0) is 87.0 Å².